The molecule has 0 aliphatic rings. The van der Waals surface area contributed by atoms with E-state index in [0.29, 0.717) is 19.6 Å². The van der Waals surface area contributed by atoms with Gasteiger partial charge >= 0.3 is 7.60 Å². The zero-order valence-corrected chi connectivity index (χ0v) is 9.67. The Bertz CT molecular complexity index is 187. The summed E-state index contributed by atoms with van der Waals surface area (Å²) < 4.78 is 10.4. The molecule has 0 saturated heterocycles. The number of nitrogens with two attached hydrogens (primary N) is 1. The van der Waals surface area contributed by atoms with Crippen LogP contribution in [0.4, 0.5) is 0 Å². The second kappa shape index (κ2) is 9.23. The predicted octanol–water partition coefficient (Wildman–Crippen LogP) is -2.15. The van der Waals surface area contributed by atoms with Gasteiger partial charge in [0, 0.05) is 39.3 Å². The van der Waals surface area contributed by atoms with Crippen LogP contribution in [-0.2, 0) is 4.57 Å². The molecule has 0 bridgehead atoms. The molecule has 0 fully saturated rings. The lowest BCUT2D eigenvalue weighted by atomic mass is 10.5. The van der Waals surface area contributed by atoms with E-state index in [-0.39, 0.29) is 6.29 Å². The average Bonchev–Trinajstić information content (AvgIpc) is 2.14. The smallest absolute Gasteiger partial charge is 0.329 e. The molecule has 0 rings (SSSR count). The molecule has 0 spiro atoms. The maximum atomic E-state index is 10.4. The minimum absolute atomic E-state index is 0.264. The molecule has 0 atom stereocenters. The third-order valence-corrected chi connectivity index (χ3v) is 2.23. The molecule has 7 N–H and O–H groups in total. The molecular formula is C7H21N4O3P. The monoisotopic (exact) mass is 240 g/mol. The van der Waals surface area contributed by atoms with Gasteiger partial charge in [-0.15, -0.1) is 0 Å². The van der Waals surface area contributed by atoms with Crippen molar-refractivity contribution < 1.29 is 14.4 Å². The van der Waals surface area contributed by atoms with Gasteiger partial charge in [0.05, 0.1) is 6.29 Å². The van der Waals surface area contributed by atoms with Crippen molar-refractivity contribution in [2.24, 2.45) is 5.73 Å². The molecule has 15 heavy (non-hydrogen) atoms. The molecule has 7 nitrogen and oxygen atoms in total. The quantitative estimate of drug-likeness (QED) is 0.190. The van der Waals surface area contributed by atoms with Gasteiger partial charge in [0.2, 0.25) is 0 Å². The minimum atomic E-state index is -3.90. The van der Waals surface area contributed by atoms with Gasteiger partial charge in [-0.25, -0.2) is 0 Å². The van der Waals surface area contributed by atoms with Gasteiger partial charge in [0.1, 0.15) is 0 Å². The summed E-state index contributed by atoms with van der Waals surface area (Å²) in [5.41, 5.74) is 5.28. The highest BCUT2D eigenvalue weighted by Crippen LogP contribution is 2.31. The highest BCUT2D eigenvalue weighted by molar-refractivity contribution is 7.51. The van der Waals surface area contributed by atoms with E-state index in [1.165, 1.54) is 0 Å². The molecule has 0 aliphatic carbocycles. The van der Waals surface area contributed by atoms with Crippen molar-refractivity contribution >= 4 is 7.60 Å². The molecule has 0 aliphatic heterocycles. The van der Waals surface area contributed by atoms with Crippen LogP contribution in [0, 0.1) is 0 Å². The first kappa shape index (κ1) is 15.0. The van der Waals surface area contributed by atoms with Crippen molar-refractivity contribution in [2.45, 2.75) is 0 Å². The van der Waals surface area contributed by atoms with Crippen molar-refractivity contribution in [2.75, 3.05) is 45.6 Å². The summed E-state index contributed by atoms with van der Waals surface area (Å²) in [4.78, 5) is 17.0. The Morgan fingerprint density at radius 3 is 1.87 bits per heavy atom. The van der Waals surface area contributed by atoms with E-state index in [1.807, 2.05) is 0 Å². The van der Waals surface area contributed by atoms with Crippen molar-refractivity contribution in [3.8, 4) is 0 Å². The van der Waals surface area contributed by atoms with Crippen LogP contribution >= 0.6 is 7.60 Å². The summed E-state index contributed by atoms with van der Waals surface area (Å²) in [6.07, 6.45) is -0.264. The van der Waals surface area contributed by atoms with E-state index in [2.05, 4.69) is 16.0 Å². The molecule has 0 aromatic heterocycles. The van der Waals surface area contributed by atoms with Crippen LogP contribution in [0.2, 0.25) is 0 Å². The van der Waals surface area contributed by atoms with Crippen molar-refractivity contribution in [3.05, 3.63) is 0 Å². The van der Waals surface area contributed by atoms with E-state index in [1.54, 1.807) is 0 Å². The highest BCUT2D eigenvalue weighted by atomic mass is 31.2. The van der Waals surface area contributed by atoms with Crippen LogP contribution in [0.5, 0.6) is 0 Å². The molecule has 0 unspecified atom stereocenters. The van der Waals surface area contributed by atoms with Gasteiger partial charge in [-0.05, 0) is 0 Å². The fourth-order valence-electron chi connectivity index (χ4n) is 0.930. The maximum absolute atomic E-state index is 10.4. The minimum Gasteiger partial charge on any atom is -0.329 e. The summed E-state index contributed by atoms with van der Waals surface area (Å²) in [5, 5.41) is 8.89. The Balaban J connectivity index is 3.02. The maximum Gasteiger partial charge on any atom is 0.339 e. The van der Waals surface area contributed by atoms with Gasteiger partial charge < -0.3 is 31.5 Å². The molecule has 0 heterocycles. The van der Waals surface area contributed by atoms with E-state index in [4.69, 9.17) is 15.5 Å². The average molecular weight is 240 g/mol. The van der Waals surface area contributed by atoms with Crippen LogP contribution < -0.4 is 21.7 Å². The summed E-state index contributed by atoms with van der Waals surface area (Å²) in [7, 11) is -3.90. The van der Waals surface area contributed by atoms with Crippen molar-refractivity contribution in [1.29, 1.82) is 0 Å². The first-order valence-corrected chi connectivity index (χ1v) is 6.73. The SMILES string of the molecule is NCCNCCNCCNCP(=O)(O)O. The number of hydrogen-bond acceptors (Lipinski definition) is 5. The topological polar surface area (TPSA) is 120 Å². The first-order chi connectivity index (χ1) is 7.06. The number of hydrogen-bond donors (Lipinski definition) is 6. The fraction of sp³-hybridized carbons (Fsp3) is 1.00. The van der Waals surface area contributed by atoms with Crippen LogP contribution in [-0.4, -0.2) is 55.3 Å². The Hall–Kier alpha value is -0.0100. The summed E-state index contributed by atoms with van der Waals surface area (Å²) in [5.74, 6) is 0. The van der Waals surface area contributed by atoms with E-state index < -0.39 is 7.60 Å². The Morgan fingerprint density at radius 1 is 0.933 bits per heavy atom. The molecule has 0 radical (unpaired) electrons. The molecule has 0 saturated carbocycles. The second-order valence-electron chi connectivity index (χ2n) is 3.11. The standard InChI is InChI=1S/C7H21N4O3P/c8-1-2-9-3-4-10-5-6-11-7-15(12,13)14/h9-11H,1-8H2,(H2,12,13,14). The predicted molar refractivity (Wildman–Crippen MR) is 59.7 cm³/mol. The first-order valence-electron chi connectivity index (χ1n) is 4.93. The zero-order valence-electron chi connectivity index (χ0n) is 8.78. The molecular weight excluding hydrogens is 219 g/mol. The van der Waals surface area contributed by atoms with Gasteiger partial charge in [-0.3, -0.25) is 4.57 Å². The third kappa shape index (κ3) is 14.0. The number of rotatable bonds is 10. The Morgan fingerprint density at radius 2 is 1.40 bits per heavy atom. The van der Waals surface area contributed by atoms with E-state index >= 15 is 0 Å². The lowest BCUT2D eigenvalue weighted by Crippen LogP contribution is -2.34. The van der Waals surface area contributed by atoms with Gasteiger partial charge in [0.15, 0.2) is 0 Å². The normalized spacial score (nSPS) is 11.9. The highest BCUT2D eigenvalue weighted by Gasteiger charge is 2.10. The summed E-state index contributed by atoms with van der Waals surface area (Å²) in [6, 6.07) is 0. The molecule has 0 amide bonds. The van der Waals surface area contributed by atoms with Gasteiger partial charge in [0.25, 0.3) is 0 Å². The lowest BCUT2D eigenvalue weighted by Gasteiger charge is -2.07. The number of nitrogens with one attached hydrogen (secondary N) is 3. The lowest BCUT2D eigenvalue weighted by molar-refractivity contribution is 0.368. The third-order valence-electron chi connectivity index (χ3n) is 1.60. The second-order valence-corrected chi connectivity index (χ2v) is 4.76. The molecule has 0 aromatic carbocycles. The largest absolute Gasteiger partial charge is 0.339 e. The summed E-state index contributed by atoms with van der Waals surface area (Å²) >= 11 is 0. The van der Waals surface area contributed by atoms with Crippen LogP contribution in [0.3, 0.4) is 0 Å². The van der Waals surface area contributed by atoms with Crippen molar-refractivity contribution in [3.63, 3.8) is 0 Å². The fourth-order valence-corrected chi connectivity index (χ4v) is 1.38. The van der Waals surface area contributed by atoms with E-state index in [9.17, 15) is 4.57 Å². The Labute approximate surface area is 90.0 Å². The van der Waals surface area contributed by atoms with Crippen LogP contribution in [0.1, 0.15) is 0 Å². The molecule has 0 aromatic rings. The molecule has 8 heteroatoms. The Kier molecular flexibility index (Phi) is 9.23. The van der Waals surface area contributed by atoms with E-state index in [0.717, 1.165) is 19.6 Å². The summed E-state index contributed by atoms with van der Waals surface area (Å²) in [6.45, 7) is 4.32. The van der Waals surface area contributed by atoms with Gasteiger partial charge in [-0.2, -0.15) is 0 Å². The van der Waals surface area contributed by atoms with Crippen LogP contribution in [0.15, 0.2) is 0 Å². The molecule has 92 valence electrons. The van der Waals surface area contributed by atoms with Crippen LogP contribution in [0.25, 0.3) is 0 Å². The van der Waals surface area contributed by atoms with Crippen molar-refractivity contribution in [1.82, 2.24) is 16.0 Å². The van der Waals surface area contributed by atoms with Gasteiger partial charge in [-0.1, -0.05) is 0 Å². The zero-order chi connectivity index (χ0) is 11.6.